The molecule has 0 aromatic heterocycles. The molecule has 1 N–H and O–H groups in total. The molecule has 0 radical (unpaired) electrons. The predicted molar refractivity (Wildman–Crippen MR) is 48.8 cm³/mol. The maximum Gasteiger partial charge on any atom is 0.105 e. The van der Waals surface area contributed by atoms with Crippen molar-refractivity contribution in [2.45, 2.75) is 38.8 Å². The largest absolute Gasteiger partial charge is 0.379 e. The molecule has 0 fully saturated rings. The Kier molecular flexibility index (Phi) is 4.87. The average Bonchev–Trinajstić information content (AvgIpc) is 2.03. The maximum absolute atomic E-state index is 8.78. The van der Waals surface area contributed by atoms with Crippen molar-refractivity contribution in [1.29, 1.82) is 5.26 Å². The van der Waals surface area contributed by atoms with Crippen LogP contribution in [0.5, 0.6) is 0 Å². The van der Waals surface area contributed by atoms with Crippen LogP contribution in [-0.2, 0) is 4.74 Å². The summed E-state index contributed by atoms with van der Waals surface area (Å²) in [6.45, 7) is 6.48. The second-order valence-electron chi connectivity index (χ2n) is 3.36. The van der Waals surface area contributed by atoms with E-state index >= 15 is 0 Å². The van der Waals surface area contributed by atoms with Gasteiger partial charge in [0.15, 0.2) is 0 Å². The first-order chi connectivity index (χ1) is 5.54. The van der Waals surface area contributed by atoms with Gasteiger partial charge in [0.1, 0.15) is 5.54 Å². The highest BCUT2D eigenvalue weighted by Gasteiger charge is 2.20. The molecule has 0 aromatic carbocycles. The number of nitriles is 1. The third kappa shape index (κ3) is 4.32. The van der Waals surface area contributed by atoms with E-state index in [0.717, 1.165) is 6.42 Å². The SMILES string of the molecule is CNC(C)(C#N)CCOC(C)C. The van der Waals surface area contributed by atoms with Crippen molar-refractivity contribution < 1.29 is 4.74 Å². The van der Waals surface area contributed by atoms with E-state index in [1.165, 1.54) is 0 Å². The third-order valence-corrected chi connectivity index (χ3v) is 1.85. The van der Waals surface area contributed by atoms with Crippen LogP contribution in [0.1, 0.15) is 27.2 Å². The molecule has 0 aromatic rings. The fraction of sp³-hybridized carbons (Fsp3) is 0.889. The van der Waals surface area contributed by atoms with E-state index < -0.39 is 5.54 Å². The monoisotopic (exact) mass is 170 g/mol. The summed E-state index contributed by atoms with van der Waals surface area (Å²) in [6, 6.07) is 2.21. The van der Waals surface area contributed by atoms with E-state index in [9.17, 15) is 0 Å². The summed E-state index contributed by atoms with van der Waals surface area (Å²) < 4.78 is 5.35. The molecule has 12 heavy (non-hydrogen) atoms. The van der Waals surface area contributed by atoms with Gasteiger partial charge in [0.2, 0.25) is 0 Å². The van der Waals surface area contributed by atoms with E-state index in [4.69, 9.17) is 10.00 Å². The van der Waals surface area contributed by atoms with Gasteiger partial charge in [0.25, 0.3) is 0 Å². The molecule has 0 amide bonds. The standard InChI is InChI=1S/C9H18N2O/c1-8(2)12-6-5-9(3,7-10)11-4/h8,11H,5-6H2,1-4H3. The zero-order chi connectivity index (χ0) is 9.61. The van der Waals surface area contributed by atoms with Crippen LogP contribution in [0.4, 0.5) is 0 Å². The van der Waals surface area contributed by atoms with Crippen LogP contribution >= 0.6 is 0 Å². The number of hydrogen-bond donors (Lipinski definition) is 1. The van der Waals surface area contributed by atoms with Gasteiger partial charge in [0.05, 0.1) is 12.2 Å². The molecule has 1 atom stereocenters. The topological polar surface area (TPSA) is 45.0 Å². The Hall–Kier alpha value is -0.590. The highest BCUT2D eigenvalue weighted by Crippen LogP contribution is 2.07. The fourth-order valence-electron chi connectivity index (χ4n) is 0.736. The minimum atomic E-state index is -0.450. The molecule has 70 valence electrons. The van der Waals surface area contributed by atoms with Crippen molar-refractivity contribution >= 4 is 0 Å². The smallest absolute Gasteiger partial charge is 0.105 e. The van der Waals surface area contributed by atoms with Crippen LogP contribution in [0.3, 0.4) is 0 Å². The Balaban J connectivity index is 3.68. The molecule has 0 saturated heterocycles. The lowest BCUT2D eigenvalue weighted by Gasteiger charge is -2.20. The average molecular weight is 170 g/mol. The van der Waals surface area contributed by atoms with Crippen LogP contribution < -0.4 is 5.32 Å². The molecule has 0 bridgehead atoms. The number of hydrogen-bond acceptors (Lipinski definition) is 3. The summed E-state index contributed by atoms with van der Waals surface area (Å²) in [5, 5.41) is 11.7. The second kappa shape index (κ2) is 5.13. The summed E-state index contributed by atoms with van der Waals surface area (Å²) >= 11 is 0. The molecule has 0 saturated carbocycles. The molecule has 3 nitrogen and oxygen atoms in total. The van der Waals surface area contributed by atoms with Gasteiger partial charge in [0, 0.05) is 13.0 Å². The van der Waals surface area contributed by atoms with E-state index in [1.54, 1.807) is 7.05 Å². The fourth-order valence-corrected chi connectivity index (χ4v) is 0.736. The van der Waals surface area contributed by atoms with E-state index in [0.29, 0.717) is 6.61 Å². The van der Waals surface area contributed by atoms with Gasteiger partial charge >= 0.3 is 0 Å². The Morgan fingerprint density at radius 1 is 1.58 bits per heavy atom. The lowest BCUT2D eigenvalue weighted by atomic mass is 10.0. The molecule has 0 aliphatic rings. The highest BCUT2D eigenvalue weighted by molar-refractivity contribution is 5.02. The summed E-state index contributed by atoms with van der Waals surface area (Å²) in [6.07, 6.45) is 0.961. The Morgan fingerprint density at radius 3 is 2.50 bits per heavy atom. The van der Waals surface area contributed by atoms with E-state index in [-0.39, 0.29) is 6.10 Å². The van der Waals surface area contributed by atoms with Gasteiger partial charge in [-0.3, -0.25) is 0 Å². The summed E-state index contributed by atoms with van der Waals surface area (Å²) in [7, 11) is 1.79. The zero-order valence-electron chi connectivity index (χ0n) is 8.35. The van der Waals surface area contributed by atoms with Crippen molar-refractivity contribution in [3.05, 3.63) is 0 Å². The lowest BCUT2D eigenvalue weighted by molar-refractivity contribution is 0.0682. The quantitative estimate of drug-likeness (QED) is 0.676. The number of ether oxygens (including phenoxy) is 1. The minimum absolute atomic E-state index is 0.241. The first kappa shape index (κ1) is 11.4. The first-order valence-corrected chi connectivity index (χ1v) is 4.26. The highest BCUT2D eigenvalue weighted by atomic mass is 16.5. The van der Waals surface area contributed by atoms with Crippen LogP contribution in [-0.4, -0.2) is 25.3 Å². The van der Waals surface area contributed by atoms with Crippen LogP contribution in [0.25, 0.3) is 0 Å². The molecule has 0 heterocycles. The molecule has 3 heteroatoms. The maximum atomic E-state index is 8.78. The Morgan fingerprint density at radius 2 is 2.17 bits per heavy atom. The second-order valence-corrected chi connectivity index (χ2v) is 3.36. The van der Waals surface area contributed by atoms with Gasteiger partial charge in [-0.25, -0.2) is 0 Å². The van der Waals surface area contributed by atoms with Gasteiger partial charge in [-0.15, -0.1) is 0 Å². The van der Waals surface area contributed by atoms with Crippen LogP contribution in [0.15, 0.2) is 0 Å². The minimum Gasteiger partial charge on any atom is -0.379 e. The Bertz CT molecular complexity index is 162. The molecule has 0 spiro atoms. The van der Waals surface area contributed by atoms with Gasteiger partial charge in [-0.1, -0.05) is 0 Å². The normalized spacial score (nSPS) is 15.7. The van der Waals surface area contributed by atoms with Crippen molar-refractivity contribution in [2.75, 3.05) is 13.7 Å². The van der Waals surface area contributed by atoms with Gasteiger partial charge < -0.3 is 10.1 Å². The number of nitrogens with zero attached hydrogens (tertiary/aromatic N) is 1. The lowest BCUT2D eigenvalue weighted by Crippen LogP contribution is -2.39. The van der Waals surface area contributed by atoms with Crippen LogP contribution in [0.2, 0.25) is 0 Å². The Labute approximate surface area is 74.7 Å². The van der Waals surface area contributed by atoms with Gasteiger partial charge in [-0.05, 0) is 27.8 Å². The summed E-state index contributed by atoms with van der Waals surface area (Å²) in [5.41, 5.74) is -0.450. The first-order valence-electron chi connectivity index (χ1n) is 4.26. The molecular weight excluding hydrogens is 152 g/mol. The van der Waals surface area contributed by atoms with Gasteiger partial charge in [-0.2, -0.15) is 5.26 Å². The molecule has 0 rings (SSSR count). The molecule has 0 aliphatic carbocycles. The number of rotatable bonds is 5. The molecule has 0 aliphatic heterocycles. The van der Waals surface area contributed by atoms with E-state index in [2.05, 4.69) is 11.4 Å². The summed E-state index contributed by atoms with van der Waals surface area (Å²) in [4.78, 5) is 0. The van der Waals surface area contributed by atoms with Crippen LogP contribution in [0, 0.1) is 11.3 Å². The van der Waals surface area contributed by atoms with Crippen molar-refractivity contribution in [2.24, 2.45) is 0 Å². The third-order valence-electron chi connectivity index (χ3n) is 1.85. The van der Waals surface area contributed by atoms with Crippen molar-refractivity contribution in [3.8, 4) is 6.07 Å². The van der Waals surface area contributed by atoms with Crippen molar-refractivity contribution in [3.63, 3.8) is 0 Å². The number of nitrogens with one attached hydrogen (secondary N) is 1. The predicted octanol–water partition coefficient (Wildman–Crippen LogP) is 1.30. The van der Waals surface area contributed by atoms with E-state index in [1.807, 2.05) is 20.8 Å². The molecule has 1 unspecified atom stereocenters. The zero-order valence-corrected chi connectivity index (χ0v) is 8.35. The molecular formula is C9H18N2O. The van der Waals surface area contributed by atoms with Crippen molar-refractivity contribution in [1.82, 2.24) is 5.32 Å². The summed E-state index contributed by atoms with van der Waals surface area (Å²) in [5.74, 6) is 0.